The molecule has 0 bridgehead atoms. The molecule has 4 nitrogen and oxygen atoms in total. The molecule has 1 saturated heterocycles. The van der Waals surface area contributed by atoms with Gasteiger partial charge >= 0.3 is 6.18 Å². The lowest BCUT2D eigenvalue weighted by atomic mass is 9.91. The highest BCUT2D eigenvalue weighted by Gasteiger charge is 2.48. The van der Waals surface area contributed by atoms with Crippen LogP contribution in [0.2, 0.25) is 0 Å². The van der Waals surface area contributed by atoms with E-state index in [1.807, 2.05) is 6.07 Å². The summed E-state index contributed by atoms with van der Waals surface area (Å²) in [5, 5.41) is 4.79. The van der Waals surface area contributed by atoms with E-state index in [0.717, 1.165) is 25.1 Å². The first-order chi connectivity index (χ1) is 15.9. The second-order valence-electron chi connectivity index (χ2n) is 8.35. The van der Waals surface area contributed by atoms with E-state index in [0.29, 0.717) is 5.56 Å². The lowest BCUT2D eigenvalue weighted by molar-refractivity contribution is -0.137. The minimum Gasteiger partial charge on any atom is -0.352 e. The van der Waals surface area contributed by atoms with Crippen LogP contribution in [-0.2, 0) is 28.7 Å². The average molecular weight is 473 g/mol. The number of nitrogens with zero attached hydrogens (tertiary/aromatic N) is 1. The van der Waals surface area contributed by atoms with Crippen molar-refractivity contribution in [3.8, 4) is 0 Å². The molecule has 2 aromatic carbocycles. The quantitative estimate of drug-likeness (QED) is 0.505. The Morgan fingerprint density at radius 3 is 2.76 bits per heavy atom. The summed E-state index contributed by atoms with van der Waals surface area (Å²) in [5.41, 5.74) is 2.30. The van der Waals surface area contributed by atoms with Crippen LogP contribution in [0, 0.1) is 0 Å². The van der Waals surface area contributed by atoms with Gasteiger partial charge in [0, 0.05) is 18.0 Å². The summed E-state index contributed by atoms with van der Waals surface area (Å²) >= 11 is 1.71. The van der Waals surface area contributed by atoms with E-state index in [9.17, 15) is 18.0 Å². The number of hydrogen-bond acceptors (Lipinski definition) is 4. The maximum atomic E-state index is 12.9. The number of alkyl halides is 3. The van der Waals surface area contributed by atoms with E-state index in [1.54, 1.807) is 17.4 Å². The molecule has 1 amide bonds. The molecule has 0 aliphatic carbocycles. The lowest BCUT2D eigenvalue weighted by Crippen LogP contribution is -2.39. The Labute approximate surface area is 194 Å². The fourth-order valence-electron chi connectivity index (χ4n) is 4.51. The third kappa shape index (κ3) is 4.83. The number of carbonyl (C=O) groups excluding carboxylic acids is 1. The number of rotatable bonds is 6. The molecular formula is C25H23F3N2O2S. The van der Waals surface area contributed by atoms with Crippen LogP contribution in [0.5, 0.6) is 0 Å². The molecule has 1 N–H and O–H groups in total. The van der Waals surface area contributed by atoms with Gasteiger partial charge in [-0.2, -0.15) is 13.2 Å². The van der Waals surface area contributed by atoms with Crippen molar-refractivity contribution in [2.75, 3.05) is 6.54 Å². The summed E-state index contributed by atoms with van der Waals surface area (Å²) in [6.45, 7) is 0.891. The largest absolute Gasteiger partial charge is 0.416 e. The van der Waals surface area contributed by atoms with Gasteiger partial charge in [-0.3, -0.25) is 9.69 Å². The van der Waals surface area contributed by atoms with Crippen molar-refractivity contribution in [1.29, 1.82) is 0 Å². The first kappa shape index (κ1) is 22.1. The number of hydrogen-bond donors (Lipinski definition) is 1. The van der Waals surface area contributed by atoms with Crippen LogP contribution < -0.4 is 5.32 Å². The highest BCUT2D eigenvalue weighted by Crippen LogP contribution is 2.43. The number of nitrogens with one attached hydrogen (secondary N) is 1. The third-order valence-corrected chi connectivity index (χ3v) is 7.07. The van der Waals surface area contributed by atoms with Crippen LogP contribution in [0.4, 0.5) is 13.2 Å². The fraction of sp³-hybridized carbons (Fsp3) is 0.320. The highest BCUT2D eigenvalue weighted by molar-refractivity contribution is 7.10. The zero-order valence-corrected chi connectivity index (χ0v) is 18.5. The number of amides is 1. The second kappa shape index (κ2) is 8.93. The molecular weight excluding hydrogens is 449 g/mol. The first-order valence-corrected chi connectivity index (χ1v) is 11.7. The number of carbonyl (C=O) groups is 1. The molecule has 2 aliphatic heterocycles. The van der Waals surface area contributed by atoms with E-state index in [1.165, 1.54) is 22.1 Å². The van der Waals surface area contributed by atoms with E-state index >= 15 is 0 Å². The Kier molecular flexibility index (Phi) is 5.99. The van der Waals surface area contributed by atoms with Crippen LogP contribution in [-0.4, -0.2) is 29.7 Å². The normalized spacial score (nSPS) is 22.6. The molecule has 0 radical (unpaired) electrons. The summed E-state index contributed by atoms with van der Waals surface area (Å²) in [7, 11) is 0. The molecule has 0 saturated carbocycles. The van der Waals surface area contributed by atoms with Crippen LogP contribution in [0.15, 0.2) is 66.0 Å². The van der Waals surface area contributed by atoms with Gasteiger partial charge in [0.25, 0.3) is 0 Å². The van der Waals surface area contributed by atoms with Crippen LogP contribution in [0.1, 0.15) is 39.6 Å². The monoisotopic (exact) mass is 472 g/mol. The van der Waals surface area contributed by atoms with E-state index in [4.69, 9.17) is 4.74 Å². The molecule has 3 aromatic rings. The maximum absolute atomic E-state index is 12.9. The Hall–Kier alpha value is -2.68. The number of fused-ring (bicyclic) bond motifs is 1. The minimum absolute atomic E-state index is 0.0506. The van der Waals surface area contributed by atoms with Gasteiger partial charge in [0.2, 0.25) is 5.91 Å². The van der Waals surface area contributed by atoms with Gasteiger partial charge in [0.1, 0.15) is 12.3 Å². The molecule has 1 fully saturated rings. The zero-order valence-electron chi connectivity index (χ0n) is 17.7. The predicted molar refractivity (Wildman–Crippen MR) is 120 cm³/mol. The van der Waals surface area contributed by atoms with Gasteiger partial charge in [-0.15, -0.1) is 11.3 Å². The van der Waals surface area contributed by atoms with Crippen molar-refractivity contribution in [3.63, 3.8) is 0 Å². The zero-order chi connectivity index (χ0) is 23.0. The second-order valence-corrected chi connectivity index (χ2v) is 9.33. The van der Waals surface area contributed by atoms with Crippen molar-refractivity contribution < 1.29 is 22.7 Å². The van der Waals surface area contributed by atoms with Gasteiger partial charge in [0.15, 0.2) is 0 Å². The van der Waals surface area contributed by atoms with E-state index in [2.05, 4.69) is 45.9 Å². The Morgan fingerprint density at radius 1 is 1.12 bits per heavy atom. The SMILES string of the molecule is O=C(CC1OC1N1CCc2ccccc2C1c1cccs1)NCc1cccc(C(F)(F)F)c1. The average Bonchev–Trinajstić information content (AvgIpc) is 3.34. The number of ether oxygens (including phenoxy) is 1. The third-order valence-electron chi connectivity index (χ3n) is 6.15. The molecule has 2 aliphatic rings. The maximum Gasteiger partial charge on any atom is 0.416 e. The fourth-order valence-corrected chi connectivity index (χ4v) is 5.37. The molecule has 0 spiro atoms. The van der Waals surface area contributed by atoms with Crippen LogP contribution in [0.25, 0.3) is 0 Å². The van der Waals surface area contributed by atoms with E-state index < -0.39 is 11.7 Å². The van der Waals surface area contributed by atoms with Gasteiger partial charge < -0.3 is 10.1 Å². The first-order valence-electron chi connectivity index (χ1n) is 10.9. The molecule has 5 rings (SSSR count). The minimum atomic E-state index is -4.40. The van der Waals surface area contributed by atoms with Gasteiger partial charge in [-0.1, -0.05) is 42.5 Å². The highest BCUT2D eigenvalue weighted by atomic mass is 32.1. The number of thiophene rings is 1. The smallest absolute Gasteiger partial charge is 0.352 e. The van der Waals surface area contributed by atoms with Crippen molar-refractivity contribution >= 4 is 17.2 Å². The van der Waals surface area contributed by atoms with Gasteiger partial charge in [-0.05, 0) is 46.7 Å². The topological polar surface area (TPSA) is 44.9 Å². The Morgan fingerprint density at radius 2 is 1.97 bits per heavy atom. The number of epoxide rings is 1. The van der Waals surface area contributed by atoms with Crippen molar-refractivity contribution in [3.05, 3.63) is 93.2 Å². The molecule has 3 heterocycles. The Bertz CT molecular complexity index is 1130. The summed E-state index contributed by atoms with van der Waals surface area (Å²) in [6.07, 6.45) is -3.67. The van der Waals surface area contributed by atoms with Crippen molar-refractivity contribution in [2.45, 2.75) is 43.9 Å². The summed E-state index contributed by atoms with van der Waals surface area (Å²) < 4.78 is 44.6. The standard InChI is InChI=1S/C25H23F3N2O2S/c26-25(27,28)18-7-3-5-16(13-18)15-29-22(31)14-20-24(32-20)30-11-10-17-6-1-2-8-19(17)23(30)21-9-4-12-33-21/h1-9,12-13,20,23-24H,10-11,14-15H2,(H,29,31). The van der Waals surface area contributed by atoms with Gasteiger partial charge in [0.05, 0.1) is 18.0 Å². The van der Waals surface area contributed by atoms with Crippen molar-refractivity contribution in [2.24, 2.45) is 0 Å². The Balaban J connectivity index is 1.21. The van der Waals surface area contributed by atoms with E-state index in [-0.39, 0.29) is 37.2 Å². The van der Waals surface area contributed by atoms with Crippen LogP contribution in [0.3, 0.4) is 0 Å². The molecule has 172 valence electrons. The lowest BCUT2D eigenvalue weighted by Gasteiger charge is -2.36. The molecule has 1 aromatic heterocycles. The number of halogens is 3. The summed E-state index contributed by atoms with van der Waals surface area (Å²) in [6, 6.07) is 17.7. The van der Waals surface area contributed by atoms with Gasteiger partial charge in [-0.25, -0.2) is 0 Å². The van der Waals surface area contributed by atoms with Crippen molar-refractivity contribution in [1.82, 2.24) is 10.2 Å². The molecule has 8 heteroatoms. The molecule has 3 atom stereocenters. The number of benzene rings is 2. The van der Waals surface area contributed by atoms with Crippen LogP contribution >= 0.6 is 11.3 Å². The molecule has 33 heavy (non-hydrogen) atoms. The molecule has 3 unspecified atom stereocenters. The predicted octanol–water partition coefficient (Wildman–Crippen LogP) is 5.15. The summed E-state index contributed by atoms with van der Waals surface area (Å²) in [4.78, 5) is 16.0. The summed E-state index contributed by atoms with van der Waals surface area (Å²) in [5.74, 6) is -0.231.